The Balaban J connectivity index is 1.58. The molecule has 2 aromatic carbocycles. The van der Waals surface area contributed by atoms with Gasteiger partial charge in [-0.3, -0.25) is 9.36 Å². The lowest BCUT2D eigenvalue weighted by molar-refractivity contribution is 0.193. The minimum atomic E-state index is -0.0954. The molecule has 1 aromatic heterocycles. The molecule has 1 aliphatic heterocycles. The van der Waals surface area contributed by atoms with Crippen LogP contribution in [0.2, 0.25) is 0 Å². The molecule has 0 aliphatic carbocycles. The molecule has 0 saturated carbocycles. The molecule has 4 rings (SSSR count). The molecule has 3 aromatic rings. The molecule has 0 atom stereocenters. The maximum Gasteiger partial charge on any atom is 0.317 e. The first-order valence-electron chi connectivity index (χ1n) is 11.2. The third kappa shape index (κ3) is 4.77. The minimum Gasteiger partial charge on any atom is -0.348 e. The number of urea groups is 1. The molecule has 0 spiro atoms. The van der Waals surface area contributed by atoms with Crippen LogP contribution in [0.5, 0.6) is 0 Å². The van der Waals surface area contributed by atoms with Gasteiger partial charge in [0.15, 0.2) is 5.82 Å². The lowest BCUT2D eigenvalue weighted by Gasteiger charge is -2.35. The third-order valence-corrected chi connectivity index (χ3v) is 5.82. The van der Waals surface area contributed by atoms with Gasteiger partial charge in [0.2, 0.25) is 0 Å². The first kappa shape index (κ1) is 21.9. The molecular weight excluding hydrogens is 402 g/mol. The first-order valence-corrected chi connectivity index (χ1v) is 11.2. The fraction of sp³-hybridized carbons (Fsp3) is 0.400. The van der Waals surface area contributed by atoms with Gasteiger partial charge in [0.25, 0.3) is 5.56 Å². The Bertz CT molecular complexity index is 1150. The maximum absolute atomic E-state index is 13.5. The normalized spacial score (nSPS) is 14.2. The zero-order chi connectivity index (χ0) is 22.7. The minimum absolute atomic E-state index is 0.0402. The molecule has 1 N–H and O–H groups in total. The van der Waals surface area contributed by atoms with Crippen LogP contribution in [0.15, 0.2) is 53.3 Å². The molecule has 32 heavy (non-hydrogen) atoms. The van der Waals surface area contributed by atoms with E-state index in [1.165, 1.54) is 5.56 Å². The van der Waals surface area contributed by atoms with Crippen molar-refractivity contribution < 1.29 is 4.79 Å². The van der Waals surface area contributed by atoms with Crippen LogP contribution in [0.3, 0.4) is 0 Å². The smallest absolute Gasteiger partial charge is 0.317 e. The largest absolute Gasteiger partial charge is 0.348 e. The molecule has 0 unspecified atom stereocenters. The van der Waals surface area contributed by atoms with Gasteiger partial charge in [-0.1, -0.05) is 55.8 Å². The molecule has 1 saturated heterocycles. The van der Waals surface area contributed by atoms with E-state index in [0.717, 1.165) is 16.6 Å². The van der Waals surface area contributed by atoms with Crippen LogP contribution < -0.4 is 15.8 Å². The highest BCUT2D eigenvalue weighted by Crippen LogP contribution is 2.17. The third-order valence-electron chi connectivity index (χ3n) is 5.82. The number of anilines is 1. The summed E-state index contributed by atoms with van der Waals surface area (Å²) in [5.41, 5.74) is 3.80. The second-order valence-corrected chi connectivity index (χ2v) is 8.86. The van der Waals surface area contributed by atoms with E-state index >= 15 is 0 Å². The Morgan fingerprint density at radius 2 is 1.72 bits per heavy atom. The fourth-order valence-electron chi connectivity index (χ4n) is 3.94. The number of nitrogens with zero attached hydrogens (tertiary/aromatic N) is 4. The average molecular weight is 434 g/mol. The summed E-state index contributed by atoms with van der Waals surface area (Å²) in [4.78, 5) is 34.4. The highest BCUT2D eigenvalue weighted by molar-refractivity contribution is 5.77. The van der Waals surface area contributed by atoms with Gasteiger partial charge in [0.1, 0.15) is 0 Å². The summed E-state index contributed by atoms with van der Waals surface area (Å²) in [6.07, 6.45) is 0. The van der Waals surface area contributed by atoms with E-state index in [1.807, 2.05) is 38.6 Å². The van der Waals surface area contributed by atoms with Crippen molar-refractivity contribution in [1.82, 2.24) is 19.8 Å². The van der Waals surface area contributed by atoms with Gasteiger partial charge in [0.05, 0.1) is 17.6 Å². The van der Waals surface area contributed by atoms with E-state index in [-0.39, 0.29) is 11.6 Å². The van der Waals surface area contributed by atoms with Crippen molar-refractivity contribution in [2.24, 2.45) is 5.92 Å². The Kier molecular flexibility index (Phi) is 6.44. The predicted octanol–water partition coefficient (Wildman–Crippen LogP) is 3.24. The number of hydrogen-bond donors (Lipinski definition) is 1. The number of para-hydroxylation sites is 2. The van der Waals surface area contributed by atoms with E-state index in [2.05, 4.69) is 50.4 Å². The first-order chi connectivity index (χ1) is 15.4. The second kappa shape index (κ2) is 9.42. The van der Waals surface area contributed by atoms with Crippen LogP contribution in [-0.4, -0.2) is 53.2 Å². The van der Waals surface area contributed by atoms with Crippen LogP contribution in [0, 0.1) is 12.8 Å². The number of hydrogen-bond acceptors (Lipinski definition) is 4. The van der Waals surface area contributed by atoms with Gasteiger partial charge in [0, 0.05) is 32.7 Å². The molecule has 7 nitrogen and oxygen atoms in total. The van der Waals surface area contributed by atoms with Gasteiger partial charge >= 0.3 is 6.03 Å². The van der Waals surface area contributed by atoms with Crippen LogP contribution in [-0.2, 0) is 6.54 Å². The molecule has 1 aliphatic rings. The summed E-state index contributed by atoms with van der Waals surface area (Å²) in [6.45, 7) is 9.66. The van der Waals surface area contributed by atoms with Crippen LogP contribution in [0.1, 0.15) is 25.0 Å². The zero-order valence-corrected chi connectivity index (χ0v) is 19.0. The number of carbonyl (C=O) groups excluding carboxylic acids is 1. The lowest BCUT2D eigenvalue weighted by atomic mass is 10.1. The van der Waals surface area contributed by atoms with Gasteiger partial charge in [-0.05, 0) is 30.5 Å². The quantitative estimate of drug-likeness (QED) is 0.671. The maximum atomic E-state index is 13.5. The average Bonchev–Trinajstić information content (AvgIpc) is 2.80. The second-order valence-electron chi connectivity index (χ2n) is 8.86. The van der Waals surface area contributed by atoms with Gasteiger partial charge in [-0.15, -0.1) is 0 Å². The van der Waals surface area contributed by atoms with Crippen molar-refractivity contribution in [1.29, 1.82) is 0 Å². The van der Waals surface area contributed by atoms with E-state index in [4.69, 9.17) is 4.98 Å². The number of fused-ring (bicyclic) bond motifs is 1. The number of aryl methyl sites for hydroxylation is 1. The fourth-order valence-corrected chi connectivity index (χ4v) is 3.94. The van der Waals surface area contributed by atoms with E-state index in [1.54, 1.807) is 0 Å². The van der Waals surface area contributed by atoms with Crippen LogP contribution in [0.4, 0.5) is 10.6 Å². The molecule has 7 heteroatoms. The topological polar surface area (TPSA) is 70.5 Å². The molecule has 168 valence electrons. The Morgan fingerprint density at radius 1 is 1.03 bits per heavy atom. The number of aromatic nitrogens is 2. The summed E-state index contributed by atoms with van der Waals surface area (Å²) in [7, 11) is 0. The molecule has 2 heterocycles. The molecule has 0 radical (unpaired) electrons. The molecule has 1 fully saturated rings. The van der Waals surface area contributed by atoms with E-state index in [0.29, 0.717) is 51.0 Å². The number of nitrogens with one attached hydrogen (secondary N) is 1. The summed E-state index contributed by atoms with van der Waals surface area (Å²) in [5.74, 6) is 0.868. The Morgan fingerprint density at radius 3 is 2.41 bits per heavy atom. The van der Waals surface area contributed by atoms with Crippen molar-refractivity contribution in [2.45, 2.75) is 27.3 Å². The zero-order valence-electron chi connectivity index (χ0n) is 19.0. The van der Waals surface area contributed by atoms with Crippen molar-refractivity contribution >= 4 is 22.9 Å². The summed E-state index contributed by atoms with van der Waals surface area (Å²) in [6, 6.07) is 16.0. The predicted molar refractivity (Wildman–Crippen MR) is 128 cm³/mol. The SMILES string of the molecule is Cc1ccc(Cn2c(=O)c(N3CCN(C(=O)NCC(C)C)CC3)nc3ccccc32)cc1. The van der Waals surface area contributed by atoms with Gasteiger partial charge in [-0.2, -0.15) is 0 Å². The highest BCUT2D eigenvalue weighted by Gasteiger charge is 2.24. The standard InChI is InChI=1S/C25H31N5O2/c1-18(2)16-26-25(32)29-14-12-28(13-15-29)23-24(31)30(17-20-10-8-19(3)9-11-20)22-7-5-4-6-21(22)27-23/h4-11,18H,12-17H2,1-3H3,(H,26,32). The lowest BCUT2D eigenvalue weighted by Crippen LogP contribution is -2.53. The highest BCUT2D eigenvalue weighted by atomic mass is 16.2. The Hall–Kier alpha value is -3.35. The number of rotatable bonds is 5. The number of carbonyl (C=O) groups is 1. The van der Waals surface area contributed by atoms with E-state index < -0.39 is 0 Å². The van der Waals surface area contributed by atoms with Crippen LogP contribution in [0.25, 0.3) is 11.0 Å². The van der Waals surface area contributed by atoms with Crippen molar-refractivity contribution in [3.8, 4) is 0 Å². The van der Waals surface area contributed by atoms with Crippen molar-refractivity contribution in [2.75, 3.05) is 37.6 Å². The van der Waals surface area contributed by atoms with E-state index in [9.17, 15) is 9.59 Å². The molecular formula is C25H31N5O2. The van der Waals surface area contributed by atoms with Gasteiger partial charge in [-0.25, -0.2) is 9.78 Å². The van der Waals surface area contributed by atoms with Crippen molar-refractivity contribution in [3.63, 3.8) is 0 Å². The number of benzene rings is 2. The molecule has 2 amide bonds. The summed E-state index contributed by atoms with van der Waals surface area (Å²) >= 11 is 0. The summed E-state index contributed by atoms with van der Waals surface area (Å²) in [5, 5.41) is 2.97. The van der Waals surface area contributed by atoms with Crippen LogP contribution >= 0.6 is 0 Å². The van der Waals surface area contributed by atoms with Gasteiger partial charge < -0.3 is 15.1 Å². The number of piperazine rings is 1. The summed E-state index contributed by atoms with van der Waals surface area (Å²) < 4.78 is 1.81. The van der Waals surface area contributed by atoms with Crippen molar-refractivity contribution in [3.05, 3.63) is 70.0 Å². The number of amides is 2. The molecule has 0 bridgehead atoms. The Labute approximate surface area is 188 Å². The monoisotopic (exact) mass is 433 g/mol.